The molecule has 0 atom stereocenters. The van der Waals surface area contributed by atoms with Crippen molar-refractivity contribution >= 4 is 47.2 Å². The number of ether oxygens (including phenoxy) is 1. The number of aliphatic imine (C=N–C) groups is 1. The van der Waals surface area contributed by atoms with Gasteiger partial charge >= 0.3 is 0 Å². The van der Waals surface area contributed by atoms with E-state index in [4.69, 9.17) is 16.3 Å². The van der Waals surface area contributed by atoms with Crippen LogP contribution in [0.25, 0.3) is 0 Å². The zero-order valence-corrected chi connectivity index (χ0v) is 19.8. The van der Waals surface area contributed by atoms with Crippen LogP contribution in [-0.4, -0.2) is 55.8 Å². The highest BCUT2D eigenvalue weighted by Gasteiger charge is 2.15. The molecule has 6 nitrogen and oxygen atoms in total. The molecule has 0 unspecified atom stereocenters. The summed E-state index contributed by atoms with van der Waals surface area (Å²) >= 11 is 6.10. The Kier molecular flexibility index (Phi) is 8.91. The zero-order valence-electron chi connectivity index (χ0n) is 16.7. The highest BCUT2D eigenvalue weighted by atomic mass is 127. The number of rotatable bonds is 5. The average molecular weight is 518 g/mol. The molecular formula is C20H29ClIN5O. The molecule has 0 radical (unpaired) electrons. The summed E-state index contributed by atoms with van der Waals surface area (Å²) in [5.41, 5.74) is 3.66. The Morgan fingerprint density at radius 1 is 1.29 bits per heavy atom. The molecule has 1 aromatic heterocycles. The van der Waals surface area contributed by atoms with E-state index in [1.165, 1.54) is 11.3 Å². The molecule has 0 spiro atoms. The number of nitrogens with zero attached hydrogens (tertiary/aromatic N) is 4. The molecule has 28 heavy (non-hydrogen) atoms. The minimum Gasteiger partial charge on any atom is -0.378 e. The summed E-state index contributed by atoms with van der Waals surface area (Å²) in [5.74, 6) is 0.851. The maximum Gasteiger partial charge on any atom is 0.194 e. The fourth-order valence-corrected chi connectivity index (χ4v) is 3.65. The Morgan fingerprint density at radius 2 is 2.00 bits per heavy atom. The van der Waals surface area contributed by atoms with Gasteiger partial charge in [0, 0.05) is 58.4 Å². The van der Waals surface area contributed by atoms with Gasteiger partial charge in [-0.2, -0.15) is 0 Å². The Balaban J connectivity index is 0.00000280. The molecule has 2 aromatic rings. The fourth-order valence-electron chi connectivity index (χ4n) is 3.37. The van der Waals surface area contributed by atoms with Gasteiger partial charge in [-0.15, -0.1) is 24.0 Å². The van der Waals surface area contributed by atoms with Crippen molar-refractivity contribution in [3.8, 4) is 0 Å². The van der Waals surface area contributed by atoms with E-state index in [9.17, 15) is 0 Å². The second-order valence-corrected chi connectivity index (χ2v) is 7.18. The van der Waals surface area contributed by atoms with Crippen LogP contribution in [0.15, 0.2) is 41.5 Å². The Hall–Kier alpha value is -1.45. The van der Waals surface area contributed by atoms with Crippen molar-refractivity contribution in [3.63, 3.8) is 0 Å². The van der Waals surface area contributed by atoms with Crippen molar-refractivity contribution in [1.29, 1.82) is 0 Å². The van der Waals surface area contributed by atoms with E-state index < -0.39 is 0 Å². The van der Waals surface area contributed by atoms with E-state index >= 15 is 0 Å². The van der Waals surface area contributed by atoms with Crippen molar-refractivity contribution in [3.05, 3.63) is 52.8 Å². The lowest BCUT2D eigenvalue weighted by molar-refractivity contribution is 0.122. The van der Waals surface area contributed by atoms with Crippen LogP contribution in [-0.2, 0) is 24.9 Å². The molecule has 1 aliphatic rings. The van der Waals surface area contributed by atoms with Crippen LogP contribution in [0.5, 0.6) is 0 Å². The number of nitrogens with one attached hydrogen (secondary N) is 1. The number of para-hydroxylation sites is 1. The molecule has 0 saturated carbocycles. The van der Waals surface area contributed by atoms with E-state index in [1.54, 1.807) is 0 Å². The predicted molar refractivity (Wildman–Crippen MR) is 127 cm³/mol. The first-order chi connectivity index (χ1) is 13.1. The number of halogens is 2. The van der Waals surface area contributed by atoms with Crippen molar-refractivity contribution < 1.29 is 4.74 Å². The van der Waals surface area contributed by atoms with Crippen LogP contribution >= 0.6 is 35.6 Å². The zero-order chi connectivity index (χ0) is 19.2. The minimum absolute atomic E-state index is 0. The molecule has 0 aliphatic carbocycles. The maximum absolute atomic E-state index is 6.10. The third kappa shape index (κ3) is 5.78. The molecular weight excluding hydrogens is 489 g/mol. The van der Waals surface area contributed by atoms with Crippen molar-refractivity contribution in [2.75, 3.05) is 45.3 Å². The van der Waals surface area contributed by atoms with Crippen molar-refractivity contribution in [2.45, 2.75) is 13.1 Å². The van der Waals surface area contributed by atoms with Gasteiger partial charge in [-0.1, -0.05) is 29.8 Å². The molecule has 1 fully saturated rings. The fraction of sp³-hybridized carbons (Fsp3) is 0.450. The van der Waals surface area contributed by atoms with Gasteiger partial charge in [0.1, 0.15) is 0 Å². The van der Waals surface area contributed by atoms with E-state index in [-0.39, 0.29) is 24.0 Å². The third-order valence-corrected chi connectivity index (χ3v) is 5.03. The van der Waals surface area contributed by atoms with Crippen LogP contribution in [0, 0.1) is 0 Å². The molecule has 0 bridgehead atoms. The van der Waals surface area contributed by atoms with Gasteiger partial charge in [-0.3, -0.25) is 4.99 Å². The van der Waals surface area contributed by atoms with Gasteiger partial charge in [0.25, 0.3) is 0 Å². The van der Waals surface area contributed by atoms with Crippen molar-refractivity contribution in [1.82, 2.24) is 14.8 Å². The summed E-state index contributed by atoms with van der Waals surface area (Å²) in [5, 5.41) is 4.24. The van der Waals surface area contributed by atoms with Crippen molar-refractivity contribution in [2.24, 2.45) is 12.0 Å². The van der Waals surface area contributed by atoms with E-state index in [2.05, 4.69) is 44.4 Å². The number of benzene rings is 1. The van der Waals surface area contributed by atoms with Gasteiger partial charge in [0.15, 0.2) is 5.96 Å². The number of hydrogen-bond donors (Lipinski definition) is 1. The van der Waals surface area contributed by atoms with Gasteiger partial charge in [0.2, 0.25) is 0 Å². The van der Waals surface area contributed by atoms with Crippen LogP contribution in [0.4, 0.5) is 5.69 Å². The molecule has 8 heteroatoms. The van der Waals surface area contributed by atoms with E-state index in [0.29, 0.717) is 0 Å². The number of aryl methyl sites for hydroxylation is 1. The van der Waals surface area contributed by atoms with E-state index in [1.807, 2.05) is 38.0 Å². The van der Waals surface area contributed by atoms with Gasteiger partial charge < -0.3 is 24.4 Å². The number of hydrogen-bond acceptors (Lipinski definition) is 3. The molecule has 1 aliphatic heterocycles. The summed E-state index contributed by atoms with van der Waals surface area (Å²) < 4.78 is 7.52. The Morgan fingerprint density at radius 3 is 2.64 bits per heavy atom. The number of anilines is 1. The van der Waals surface area contributed by atoms with Crippen LogP contribution in [0.2, 0.25) is 5.02 Å². The van der Waals surface area contributed by atoms with Gasteiger partial charge in [-0.05, 0) is 17.7 Å². The van der Waals surface area contributed by atoms with E-state index in [0.717, 1.165) is 56.1 Å². The minimum atomic E-state index is 0. The smallest absolute Gasteiger partial charge is 0.194 e. The van der Waals surface area contributed by atoms with Gasteiger partial charge in [0.05, 0.1) is 24.8 Å². The molecule has 1 N–H and O–H groups in total. The summed E-state index contributed by atoms with van der Waals surface area (Å²) in [4.78, 5) is 8.92. The number of morpholine rings is 1. The first-order valence-electron chi connectivity index (χ1n) is 9.21. The van der Waals surface area contributed by atoms with Crippen LogP contribution in [0.1, 0.15) is 11.3 Å². The lowest BCUT2D eigenvalue weighted by Crippen LogP contribution is -2.39. The summed E-state index contributed by atoms with van der Waals surface area (Å²) in [6.07, 6.45) is 1.92. The highest BCUT2D eigenvalue weighted by molar-refractivity contribution is 14.0. The molecule has 154 valence electrons. The highest BCUT2D eigenvalue weighted by Crippen LogP contribution is 2.21. The lowest BCUT2D eigenvalue weighted by atomic mass is 10.1. The average Bonchev–Trinajstić information content (AvgIpc) is 3.00. The predicted octanol–water partition coefficient (Wildman–Crippen LogP) is 3.34. The Bertz CT molecular complexity index is 789. The van der Waals surface area contributed by atoms with Crippen LogP contribution < -0.4 is 10.2 Å². The third-order valence-electron chi connectivity index (χ3n) is 4.83. The quantitative estimate of drug-likeness (QED) is 0.375. The Labute approximate surface area is 189 Å². The topological polar surface area (TPSA) is 45.0 Å². The number of guanidine groups is 1. The van der Waals surface area contributed by atoms with Gasteiger partial charge in [-0.25, -0.2) is 0 Å². The maximum atomic E-state index is 6.10. The largest absolute Gasteiger partial charge is 0.378 e. The second kappa shape index (κ2) is 10.9. The summed E-state index contributed by atoms with van der Waals surface area (Å²) in [7, 11) is 5.85. The summed E-state index contributed by atoms with van der Waals surface area (Å²) in [6, 6.07) is 10.5. The molecule has 1 saturated heterocycles. The molecule has 1 aromatic carbocycles. The lowest BCUT2D eigenvalue weighted by Gasteiger charge is -2.31. The standard InChI is InChI=1S/C20H28ClN5O.HI/c1-22-20(25(3)15-18-12-17(21)14-24(18)2)23-13-16-6-4-5-7-19(16)26-8-10-27-11-9-26;/h4-7,12,14H,8-11,13,15H2,1-3H3,(H,22,23);1H. The number of aromatic nitrogens is 1. The van der Waals surface area contributed by atoms with Crippen LogP contribution in [0.3, 0.4) is 0 Å². The first kappa shape index (κ1) is 22.8. The molecule has 0 amide bonds. The first-order valence-corrected chi connectivity index (χ1v) is 9.59. The normalized spacial score (nSPS) is 14.6. The molecule has 3 rings (SSSR count). The molecule has 2 heterocycles. The second-order valence-electron chi connectivity index (χ2n) is 6.75. The SMILES string of the molecule is CN=C(NCc1ccccc1N1CCOCC1)N(C)Cc1cc(Cl)cn1C.I. The monoisotopic (exact) mass is 517 g/mol. The summed E-state index contributed by atoms with van der Waals surface area (Å²) in [6.45, 7) is 4.88.